The lowest BCUT2D eigenvalue weighted by atomic mass is 10.1. The van der Waals surface area contributed by atoms with Gasteiger partial charge in [0, 0.05) is 51.3 Å². The van der Waals surface area contributed by atoms with Gasteiger partial charge in [-0.15, -0.1) is 0 Å². The van der Waals surface area contributed by atoms with Crippen LogP contribution in [0.5, 0.6) is 0 Å². The molecule has 0 radical (unpaired) electrons. The lowest BCUT2D eigenvalue weighted by molar-refractivity contribution is 0.601. The maximum atomic E-state index is 14.3. The Hall–Kier alpha value is -3.08. The summed E-state index contributed by atoms with van der Waals surface area (Å²) in [5.41, 5.74) is 5.29. The molecule has 0 atom stereocenters. The summed E-state index contributed by atoms with van der Waals surface area (Å²) >= 11 is 6.26. The van der Waals surface area contributed by atoms with Gasteiger partial charge in [-0.3, -0.25) is 0 Å². The summed E-state index contributed by atoms with van der Waals surface area (Å²) < 4.78 is 16.4. The van der Waals surface area contributed by atoms with E-state index in [1.165, 1.54) is 33.5 Å². The van der Waals surface area contributed by atoms with Gasteiger partial charge in [0.05, 0.1) is 6.54 Å². The van der Waals surface area contributed by atoms with Gasteiger partial charge in [0.1, 0.15) is 5.82 Å². The van der Waals surface area contributed by atoms with E-state index in [0.717, 1.165) is 25.0 Å². The number of fused-ring (bicyclic) bond motifs is 2. The molecule has 5 rings (SSSR count). The van der Waals surface area contributed by atoms with Crippen molar-refractivity contribution >= 4 is 33.4 Å². The molecule has 3 aromatic carbocycles. The highest BCUT2D eigenvalue weighted by atomic mass is 35.5. The SMILES string of the molecule is Fc1cccc(Cl)c1Cn1cc(CNCCc2c[nH]c3ccccc23)c2ccccc21. The van der Waals surface area contributed by atoms with Crippen LogP contribution in [0.4, 0.5) is 4.39 Å². The van der Waals surface area contributed by atoms with Gasteiger partial charge in [0.2, 0.25) is 0 Å². The first-order valence-electron chi connectivity index (χ1n) is 10.5. The molecule has 0 aliphatic rings. The fourth-order valence-electron chi connectivity index (χ4n) is 4.23. The largest absolute Gasteiger partial charge is 0.361 e. The Kier molecular flexibility index (Phi) is 5.49. The maximum Gasteiger partial charge on any atom is 0.129 e. The van der Waals surface area contributed by atoms with E-state index in [2.05, 4.69) is 57.6 Å². The fraction of sp³-hybridized carbons (Fsp3) is 0.154. The molecule has 0 amide bonds. The third-order valence-electron chi connectivity index (χ3n) is 5.82. The van der Waals surface area contributed by atoms with Gasteiger partial charge < -0.3 is 14.9 Å². The summed E-state index contributed by atoms with van der Waals surface area (Å²) in [4.78, 5) is 3.33. The quantitative estimate of drug-likeness (QED) is 0.291. The predicted octanol–water partition coefficient (Wildman–Crippen LogP) is 6.30. The van der Waals surface area contributed by atoms with Crippen LogP contribution in [-0.2, 0) is 19.5 Å². The molecule has 0 saturated carbocycles. The van der Waals surface area contributed by atoms with Crippen molar-refractivity contribution in [2.24, 2.45) is 0 Å². The molecule has 5 aromatic rings. The number of hydrogen-bond acceptors (Lipinski definition) is 1. The first-order valence-corrected chi connectivity index (χ1v) is 10.8. The number of H-pyrrole nitrogens is 1. The lowest BCUT2D eigenvalue weighted by Crippen LogP contribution is -2.16. The summed E-state index contributed by atoms with van der Waals surface area (Å²) in [5.74, 6) is -0.274. The van der Waals surface area contributed by atoms with E-state index >= 15 is 0 Å². The highest BCUT2D eigenvalue weighted by Crippen LogP contribution is 2.26. The Morgan fingerprint density at radius 2 is 1.71 bits per heavy atom. The van der Waals surface area contributed by atoms with Crippen molar-refractivity contribution in [2.75, 3.05) is 6.54 Å². The summed E-state index contributed by atoms with van der Waals surface area (Å²) in [6.07, 6.45) is 5.15. The van der Waals surface area contributed by atoms with Crippen LogP contribution in [0.25, 0.3) is 21.8 Å². The minimum absolute atomic E-state index is 0.274. The molecule has 2 N–H and O–H groups in total. The van der Waals surface area contributed by atoms with E-state index in [9.17, 15) is 4.39 Å². The highest BCUT2D eigenvalue weighted by molar-refractivity contribution is 6.31. The molecule has 31 heavy (non-hydrogen) atoms. The summed E-state index contributed by atoms with van der Waals surface area (Å²) in [7, 11) is 0. The van der Waals surface area contributed by atoms with Crippen LogP contribution in [0.3, 0.4) is 0 Å². The molecule has 0 unspecified atom stereocenters. The van der Waals surface area contributed by atoms with Crippen molar-refractivity contribution in [3.63, 3.8) is 0 Å². The van der Waals surface area contributed by atoms with Gasteiger partial charge in [-0.05, 0) is 48.4 Å². The van der Waals surface area contributed by atoms with Crippen molar-refractivity contribution in [1.29, 1.82) is 0 Å². The summed E-state index contributed by atoms with van der Waals surface area (Å²) in [6, 6.07) is 21.4. The fourth-order valence-corrected chi connectivity index (χ4v) is 4.46. The highest BCUT2D eigenvalue weighted by Gasteiger charge is 2.12. The van der Waals surface area contributed by atoms with Crippen LogP contribution in [-0.4, -0.2) is 16.1 Å². The molecule has 0 bridgehead atoms. The van der Waals surface area contributed by atoms with E-state index in [1.807, 2.05) is 18.2 Å². The third-order valence-corrected chi connectivity index (χ3v) is 6.18. The number of para-hydroxylation sites is 2. The molecule has 156 valence electrons. The van der Waals surface area contributed by atoms with Crippen LogP contribution in [0.2, 0.25) is 5.02 Å². The van der Waals surface area contributed by atoms with Crippen molar-refractivity contribution in [3.8, 4) is 0 Å². The van der Waals surface area contributed by atoms with Gasteiger partial charge in [-0.1, -0.05) is 54.1 Å². The maximum absolute atomic E-state index is 14.3. The van der Waals surface area contributed by atoms with Crippen molar-refractivity contribution < 1.29 is 4.39 Å². The molecule has 0 aliphatic heterocycles. The van der Waals surface area contributed by atoms with E-state index in [-0.39, 0.29) is 5.82 Å². The van der Waals surface area contributed by atoms with Crippen LogP contribution in [0.15, 0.2) is 79.1 Å². The Morgan fingerprint density at radius 1 is 0.903 bits per heavy atom. The predicted molar refractivity (Wildman–Crippen MR) is 126 cm³/mol. The average molecular weight is 432 g/mol. The molecule has 0 aliphatic carbocycles. The summed E-state index contributed by atoms with van der Waals surface area (Å²) in [6.45, 7) is 2.03. The minimum Gasteiger partial charge on any atom is -0.361 e. The average Bonchev–Trinajstić information content (AvgIpc) is 3.36. The third kappa shape index (κ3) is 3.97. The first-order chi connectivity index (χ1) is 15.2. The number of nitrogens with zero attached hydrogens (tertiary/aromatic N) is 1. The van der Waals surface area contributed by atoms with Crippen LogP contribution in [0.1, 0.15) is 16.7 Å². The Balaban J connectivity index is 1.32. The molecular weight excluding hydrogens is 409 g/mol. The van der Waals surface area contributed by atoms with Crippen molar-refractivity contribution in [3.05, 3.63) is 107 Å². The number of hydrogen-bond donors (Lipinski definition) is 2. The monoisotopic (exact) mass is 431 g/mol. The molecule has 2 heterocycles. The molecule has 2 aromatic heterocycles. The lowest BCUT2D eigenvalue weighted by Gasteiger charge is -2.08. The minimum atomic E-state index is -0.274. The zero-order valence-electron chi connectivity index (χ0n) is 17.0. The summed E-state index contributed by atoms with van der Waals surface area (Å²) in [5, 5.41) is 6.48. The standard InChI is InChI=1S/C26H23ClFN3/c27-23-8-5-9-24(28)22(23)17-31-16-19(21-7-2-4-11-26(21)31)14-29-13-12-18-15-30-25-10-3-1-6-20(18)25/h1-11,15-16,29-30H,12-14,17H2. The molecule has 0 fully saturated rings. The second kappa shape index (κ2) is 8.58. The van der Waals surface area contributed by atoms with Crippen molar-refractivity contribution in [2.45, 2.75) is 19.5 Å². The number of halogens is 2. The number of benzene rings is 3. The van der Waals surface area contributed by atoms with E-state index < -0.39 is 0 Å². The number of aromatic amines is 1. The van der Waals surface area contributed by atoms with E-state index in [0.29, 0.717) is 17.1 Å². The topological polar surface area (TPSA) is 32.8 Å². The van der Waals surface area contributed by atoms with Gasteiger partial charge in [0.25, 0.3) is 0 Å². The van der Waals surface area contributed by atoms with Crippen LogP contribution >= 0.6 is 11.6 Å². The number of rotatable bonds is 7. The second-order valence-electron chi connectivity index (χ2n) is 7.79. The van der Waals surface area contributed by atoms with Gasteiger partial charge in [0.15, 0.2) is 0 Å². The molecule has 0 spiro atoms. The van der Waals surface area contributed by atoms with Gasteiger partial charge in [-0.2, -0.15) is 0 Å². The van der Waals surface area contributed by atoms with Gasteiger partial charge >= 0.3 is 0 Å². The Morgan fingerprint density at radius 3 is 2.58 bits per heavy atom. The Bertz CT molecular complexity index is 1330. The molecular formula is C26H23ClFN3. The zero-order valence-corrected chi connectivity index (χ0v) is 17.8. The van der Waals surface area contributed by atoms with Crippen molar-refractivity contribution in [1.82, 2.24) is 14.9 Å². The van der Waals surface area contributed by atoms with E-state index in [4.69, 9.17) is 11.6 Å². The zero-order chi connectivity index (χ0) is 21.2. The second-order valence-corrected chi connectivity index (χ2v) is 8.19. The first kappa shape index (κ1) is 19.9. The van der Waals surface area contributed by atoms with Crippen LogP contribution in [0, 0.1) is 5.82 Å². The van der Waals surface area contributed by atoms with Gasteiger partial charge in [-0.25, -0.2) is 4.39 Å². The van der Waals surface area contributed by atoms with Crippen LogP contribution < -0.4 is 5.32 Å². The smallest absolute Gasteiger partial charge is 0.129 e. The number of aromatic nitrogens is 2. The molecule has 3 nitrogen and oxygen atoms in total. The molecule has 0 saturated heterocycles. The normalized spacial score (nSPS) is 11.5. The Labute approximate surface area is 185 Å². The molecule has 5 heteroatoms. The number of nitrogens with one attached hydrogen (secondary N) is 2. The van der Waals surface area contributed by atoms with E-state index in [1.54, 1.807) is 12.1 Å².